The number of fused-ring (bicyclic) bond motifs is 1. The highest BCUT2D eigenvalue weighted by atomic mass is 79.9. The Balaban J connectivity index is 2.71. The average Bonchev–Trinajstić information content (AvgIpc) is 2.64. The molecule has 0 fully saturated rings. The second-order valence-electron chi connectivity index (χ2n) is 4.33. The quantitative estimate of drug-likeness (QED) is 0.771. The zero-order chi connectivity index (χ0) is 13.9. The Labute approximate surface area is 118 Å². The molecule has 2 heterocycles. The van der Waals surface area contributed by atoms with Gasteiger partial charge < -0.3 is 14.8 Å². The van der Waals surface area contributed by atoms with E-state index in [1.54, 1.807) is 0 Å². The van der Waals surface area contributed by atoms with Gasteiger partial charge in [-0.05, 0) is 44.8 Å². The van der Waals surface area contributed by atoms with Crippen molar-refractivity contribution in [3.8, 4) is 0 Å². The van der Waals surface area contributed by atoms with Crippen LogP contribution in [0.25, 0.3) is 0 Å². The van der Waals surface area contributed by atoms with Crippen LogP contribution in [-0.4, -0.2) is 27.6 Å². The van der Waals surface area contributed by atoms with Gasteiger partial charge in [0, 0.05) is 12.0 Å². The third-order valence-electron chi connectivity index (χ3n) is 3.48. The number of hydrogen-bond acceptors (Lipinski definition) is 2. The summed E-state index contributed by atoms with van der Waals surface area (Å²) < 4.78 is 41.7. The second-order valence-corrected chi connectivity index (χ2v) is 5.94. The molecule has 0 radical (unpaired) electrons. The molecule has 1 aliphatic rings. The van der Waals surface area contributed by atoms with Crippen molar-refractivity contribution in [1.82, 2.24) is 4.57 Å². The molecule has 2 rings (SSSR count). The molecule has 1 aliphatic heterocycles. The molecule has 0 saturated carbocycles. The molecule has 0 aromatic carbocycles. The van der Waals surface area contributed by atoms with Gasteiger partial charge >= 0.3 is 6.18 Å². The minimum Gasteiger partial charge on any atom is -0.396 e. The smallest absolute Gasteiger partial charge is 0.396 e. The fraction of sp³-hybridized carbons (Fsp3) is 0.600. The molecule has 2 N–H and O–H groups in total. The molecule has 102 valence electrons. The number of nitrogens with zero attached hydrogens (tertiary/aromatic N) is 1. The third-order valence-corrected chi connectivity index (χ3v) is 5.42. The van der Waals surface area contributed by atoms with Crippen LogP contribution < -0.4 is 0 Å². The molecule has 1 aromatic rings. The second kappa shape index (κ2) is 4.22. The van der Waals surface area contributed by atoms with Crippen LogP contribution in [0.5, 0.6) is 0 Å². The molecule has 0 bridgehead atoms. The van der Waals surface area contributed by atoms with Crippen LogP contribution in [0.3, 0.4) is 0 Å². The molecule has 1 aromatic heterocycles. The number of aliphatic hydroxyl groups excluding tert-OH is 1. The fourth-order valence-electron chi connectivity index (χ4n) is 2.52. The third kappa shape index (κ3) is 1.62. The molecule has 0 aliphatic carbocycles. The van der Waals surface area contributed by atoms with E-state index >= 15 is 0 Å². The molecular weight excluding hydrogens is 383 g/mol. The van der Waals surface area contributed by atoms with Gasteiger partial charge in [0.2, 0.25) is 5.60 Å². The highest BCUT2D eigenvalue weighted by molar-refractivity contribution is 9.13. The highest BCUT2D eigenvalue weighted by Crippen LogP contribution is 2.55. The van der Waals surface area contributed by atoms with E-state index in [9.17, 15) is 23.4 Å². The summed E-state index contributed by atoms with van der Waals surface area (Å²) in [5.74, 6) is -1.32. The Bertz CT molecular complexity index is 488. The summed E-state index contributed by atoms with van der Waals surface area (Å²) in [6.45, 7) is 0.786. The lowest BCUT2D eigenvalue weighted by Crippen LogP contribution is -2.47. The maximum Gasteiger partial charge on any atom is 0.423 e. The summed E-state index contributed by atoms with van der Waals surface area (Å²) in [5, 5.41) is 19.3. The Hall–Kier alpha value is -0.0500. The van der Waals surface area contributed by atoms with Crippen molar-refractivity contribution in [2.24, 2.45) is 5.92 Å². The topological polar surface area (TPSA) is 45.4 Å². The minimum atomic E-state index is -4.85. The van der Waals surface area contributed by atoms with E-state index in [-0.39, 0.29) is 5.69 Å². The van der Waals surface area contributed by atoms with Crippen molar-refractivity contribution in [2.75, 3.05) is 6.61 Å². The van der Waals surface area contributed by atoms with Gasteiger partial charge in [-0.25, -0.2) is 0 Å². The molecule has 18 heavy (non-hydrogen) atoms. The normalized spacial score (nSPS) is 31.8. The Kier molecular flexibility index (Phi) is 3.37. The van der Waals surface area contributed by atoms with Gasteiger partial charge in [-0.15, -0.1) is 0 Å². The largest absolute Gasteiger partial charge is 0.423 e. The van der Waals surface area contributed by atoms with Gasteiger partial charge in [-0.3, -0.25) is 0 Å². The van der Waals surface area contributed by atoms with Crippen LogP contribution in [0.4, 0.5) is 13.2 Å². The summed E-state index contributed by atoms with van der Waals surface area (Å²) in [6.07, 6.45) is -4.85. The van der Waals surface area contributed by atoms with E-state index < -0.39 is 30.3 Å². The van der Waals surface area contributed by atoms with E-state index in [4.69, 9.17) is 0 Å². The Morgan fingerprint density at radius 2 is 2.00 bits per heavy atom. The maximum absolute atomic E-state index is 13.2. The standard InChI is InChI=1S/C10H10Br2F3NO2/c1-4-5(3-17)9(18,10(13,14)15)7-2-6(11)8(12)16(4)7/h2,4-5,17-18H,3H2,1H3/t4-,5-,9-/m1/s1. The van der Waals surface area contributed by atoms with Crippen molar-refractivity contribution in [1.29, 1.82) is 0 Å². The number of hydrogen-bond donors (Lipinski definition) is 2. The predicted octanol–water partition coefficient (Wildman–Crippen LogP) is 2.95. The monoisotopic (exact) mass is 391 g/mol. The van der Waals surface area contributed by atoms with E-state index in [1.165, 1.54) is 17.6 Å². The van der Waals surface area contributed by atoms with Gasteiger partial charge in [-0.1, -0.05) is 0 Å². The number of aliphatic hydroxyl groups is 2. The van der Waals surface area contributed by atoms with Gasteiger partial charge in [-0.2, -0.15) is 13.2 Å². The van der Waals surface area contributed by atoms with Crippen molar-refractivity contribution in [3.63, 3.8) is 0 Å². The molecule has 0 saturated heterocycles. The van der Waals surface area contributed by atoms with E-state index in [0.29, 0.717) is 9.08 Å². The molecule has 0 unspecified atom stereocenters. The maximum atomic E-state index is 13.2. The summed E-state index contributed by atoms with van der Waals surface area (Å²) in [7, 11) is 0. The van der Waals surface area contributed by atoms with Crippen LogP contribution >= 0.6 is 31.9 Å². The first-order chi connectivity index (χ1) is 8.16. The first kappa shape index (κ1) is 14.4. The van der Waals surface area contributed by atoms with E-state index in [0.717, 1.165) is 0 Å². The highest BCUT2D eigenvalue weighted by Gasteiger charge is 2.66. The molecule has 3 atom stereocenters. The van der Waals surface area contributed by atoms with Crippen molar-refractivity contribution in [3.05, 3.63) is 20.8 Å². The first-order valence-corrected chi connectivity index (χ1v) is 6.71. The van der Waals surface area contributed by atoms with Crippen LogP contribution in [0.15, 0.2) is 15.1 Å². The molecule has 0 amide bonds. The average molecular weight is 393 g/mol. The fourth-order valence-corrected chi connectivity index (χ4v) is 3.56. The van der Waals surface area contributed by atoms with Crippen molar-refractivity contribution < 1.29 is 23.4 Å². The van der Waals surface area contributed by atoms with Gasteiger partial charge in [0.25, 0.3) is 0 Å². The van der Waals surface area contributed by atoms with Crippen LogP contribution in [0, 0.1) is 5.92 Å². The van der Waals surface area contributed by atoms with E-state index in [2.05, 4.69) is 31.9 Å². The lowest BCUT2D eigenvalue weighted by atomic mass is 9.84. The van der Waals surface area contributed by atoms with Crippen molar-refractivity contribution in [2.45, 2.75) is 24.7 Å². The SMILES string of the molecule is C[C@@H]1[C@@H](CO)[C@](O)(C(F)(F)F)c2cc(Br)c(Br)n21. The van der Waals surface area contributed by atoms with Crippen LogP contribution in [-0.2, 0) is 5.60 Å². The predicted molar refractivity (Wildman–Crippen MR) is 65.1 cm³/mol. The lowest BCUT2D eigenvalue weighted by molar-refractivity contribution is -0.287. The summed E-state index contributed by atoms with van der Waals surface area (Å²) in [6, 6.07) is 0.557. The zero-order valence-corrected chi connectivity index (χ0v) is 12.3. The van der Waals surface area contributed by atoms with Gasteiger partial charge in [0.1, 0.15) is 0 Å². The first-order valence-electron chi connectivity index (χ1n) is 5.13. The zero-order valence-electron chi connectivity index (χ0n) is 9.17. The van der Waals surface area contributed by atoms with Crippen molar-refractivity contribution >= 4 is 31.9 Å². The number of aromatic nitrogens is 1. The minimum absolute atomic E-state index is 0.264. The Morgan fingerprint density at radius 3 is 2.44 bits per heavy atom. The van der Waals surface area contributed by atoms with E-state index in [1.807, 2.05) is 0 Å². The molecule has 3 nitrogen and oxygen atoms in total. The number of rotatable bonds is 1. The van der Waals surface area contributed by atoms with Gasteiger partial charge in [0.15, 0.2) is 0 Å². The van der Waals surface area contributed by atoms with Crippen LogP contribution in [0.1, 0.15) is 18.7 Å². The molecule has 8 heteroatoms. The van der Waals surface area contributed by atoms with Crippen LogP contribution in [0.2, 0.25) is 0 Å². The molecule has 0 spiro atoms. The Morgan fingerprint density at radius 1 is 1.44 bits per heavy atom. The van der Waals surface area contributed by atoms with Gasteiger partial charge in [0.05, 0.1) is 21.4 Å². The summed E-state index contributed by atoms with van der Waals surface area (Å²) in [5.41, 5.74) is -3.30. The molecular formula is C10H10Br2F3NO2. The lowest BCUT2D eigenvalue weighted by Gasteiger charge is -2.32. The summed E-state index contributed by atoms with van der Waals surface area (Å²) in [4.78, 5) is 0. The number of alkyl halides is 3. The number of halogens is 5. The summed E-state index contributed by atoms with van der Waals surface area (Å²) >= 11 is 6.29.